The lowest BCUT2D eigenvalue weighted by molar-refractivity contribution is 0.335. The maximum atomic E-state index is 12.4. The van der Waals surface area contributed by atoms with Gasteiger partial charge in [-0.25, -0.2) is 4.83 Å². The van der Waals surface area contributed by atoms with Crippen molar-refractivity contribution in [1.82, 2.24) is 4.83 Å². The lowest BCUT2D eigenvalue weighted by Gasteiger charge is -2.32. The summed E-state index contributed by atoms with van der Waals surface area (Å²) in [5.41, 5.74) is 4.53. The number of hydrogen-bond donors (Lipinski definition) is 1. The number of allylic oxidation sites excluding steroid dienone is 2. The molecule has 28 heavy (non-hydrogen) atoms. The summed E-state index contributed by atoms with van der Waals surface area (Å²) in [4.78, 5) is 2.53. The number of nitrogens with zero attached hydrogens (tertiary/aromatic N) is 1. The molecule has 1 aliphatic rings. The number of sulfonamides is 1. The van der Waals surface area contributed by atoms with Gasteiger partial charge in [0.1, 0.15) is 0 Å². The zero-order valence-electron chi connectivity index (χ0n) is 16.4. The normalized spacial score (nSPS) is 17.1. The molecule has 0 atom stereocenters. The van der Waals surface area contributed by atoms with E-state index in [0.717, 1.165) is 36.0 Å². The van der Waals surface area contributed by atoms with E-state index in [1.165, 1.54) is 5.57 Å². The molecule has 4 nitrogen and oxygen atoms in total. The number of hydrogen-bond acceptors (Lipinski definition) is 3. The van der Waals surface area contributed by atoms with E-state index in [2.05, 4.69) is 23.8 Å². The third kappa shape index (κ3) is 5.03. The molecule has 0 bridgehead atoms. The zero-order valence-corrected chi connectivity index (χ0v) is 17.9. The summed E-state index contributed by atoms with van der Waals surface area (Å²) in [6, 6.07) is 14.4. The Kier molecular flexibility index (Phi) is 5.96. The third-order valence-electron chi connectivity index (χ3n) is 5.03. The maximum Gasteiger partial charge on any atom is 0.276 e. The van der Waals surface area contributed by atoms with Gasteiger partial charge in [0, 0.05) is 5.02 Å². The minimum Gasteiger partial charge on any atom is -0.200 e. The standard InChI is InChI=1S/C22H25ClN2O2S/c1-16-4-10-20(11-5-16)28(26,27)25-24-15-18-12-13-22(2,3)14-21(18)17-6-8-19(23)9-7-17/h4-11,15,25H,12-14H2,1-3H3. The van der Waals surface area contributed by atoms with Crippen molar-refractivity contribution in [2.45, 2.75) is 44.9 Å². The van der Waals surface area contributed by atoms with Gasteiger partial charge in [-0.2, -0.15) is 13.5 Å². The average Bonchev–Trinajstić information content (AvgIpc) is 2.63. The predicted octanol–water partition coefficient (Wildman–Crippen LogP) is 5.58. The highest BCUT2D eigenvalue weighted by atomic mass is 35.5. The quantitative estimate of drug-likeness (QED) is 0.511. The van der Waals surface area contributed by atoms with Crippen LogP contribution < -0.4 is 4.83 Å². The fourth-order valence-corrected chi connectivity index (χ4v) is 4.25. The number of halogens is 1. The molecule has 0 unspecified atom stereocenters. The molecule has 0 spiro atoms. The Labute approximate surface area is 172 Å². The summed E-state index contributed by atoms with van der Waals surface area (Å²) in [5.74, 6) is 0. The first-order valence-electron chi connectivity index (χ1n) is 9.26. The molecular weight excluding hydrogens is 392 g/mol. The highest BCUT2D eigenvalue weighted by molar-refractivity contribution is 7.89. The van der Waals surface area contributed by atoms with E-state index in [4.69, 9.17) is 11.6 Å². The van der Waals surface area contributed by atoms with Gasteiger partial charge in [0.2, 0.25) is 0 Å². The van der Waals surface area contributed by atoms with Gasteiger partial charge in [0.05, 0.1) is 11.1 Å². The second-order valence-corrected chi connectivity index (χ2v) is 10.1. The molecule has 0 saturated heterocycles. The fourth-order valence-electron chi connectivity index (χ4n) is 3.33. The molecule has 1 N–H and O–H groups in total. The molecule has 6 heteroatoms. The molecule has 148 valence electrons. The number of rotatable bonds is 5. The van der Waals surface area contributed by atoms with Crippen molar-refractivity contribution in [1.29, 1.82) is 0 Å². The first-order chi connectivity index (χ1) is 13.2. The Morgan fingerprint density at radius 1 is 1.07 bits per heavy atom. The summed E-state index contributed by atoms with van der Waals surface area (Å²) >= 11 is 6.03. The molecule has 0 heterocycles. The molecule has 1 aliphatic carbocycles. The molecule has 3 rings (SSSR count). The Morgan fingerprint density at radius 3 is 2.36 bits per heavy atom. The van der Waals surface area contributed by atoms with E-state index in [9.17, 15) is 8.42 Å². The van der Waals surface area contributed by atoms with Crippen molar-refractivity contribution < 1.29 is 8.42 Å². The van der Waals surface area contributed by atoms with Crippen LogP contribution in [0.2, 0.25) is 5.02 Å². The van der Waals surface area contributed by atoms with E-state index in [-0.39, 0.29) is 10.3 Å². The van der Waals surface area contributed by atoms with E-state index in [0.29, 0.717) is 5.02 Å². The SMILES string of the molecule is Cc1ccc(S(=O)(=O)NN=CC2=C(c3ccc(Cl)cc3)CC(C)(C)CC2)cc1. The maximum absolute atomic E-state index is 12.4. The molecule has 0 fully saturated rings. The van der Waals surface area contributed by atoms with Crippen molar-refractivity contribution in [3.63, 3.8) is 0 Å². The summed E-state index contributed by atoms with van der Waals surface area (Å²) in [6.45, 7) is 6.41. The largest absolute Gasteiger partial charge is 0.276 e. The summed E-state index contributed by atoms with van der Waals surface area (Å²) in [7, 11) is -3.68. The lowest BCUT2D eigenvalue weighted by atomic mass is 9.73. The second kappa shape index (κ2) is 8.10. The molecular formula is C22H25ClN2O2S. The topological polar surface area (TPSA) is 58.5 Å². The first-order valence-corrected chi connectivity index (χ1v) is 11.1. The lowest BCUT2D eigenvalue weighted by Crippen LogP contribution is -2.21. The van der Waals surface area contributed by atoms with Crippen LogP contribution in [-0.4, -0.2) is 14.6 Å². The Balaban J connectivity index is 1.86. The van der Waals surface area contributed by atoms with Crippen LogP contribution in [0, 0.1) is 12.3 Å². The summed E-state index contributed by atoms with van der Waals surface area (Å²) in [5, 5.41) is 4.75. The molecule has 0 aliphatic heterocycles. The monoisotopic (exact) mass is 416 g/mol. The van der Waals surface area contributed by atoms with Crippen molar-refractivity contribution >= 4 is 33.4 Å². The van der Waals surface area contributed by atoms with Gasteiger partial charge < -0.3 is 0 Å². The van der Waals surface area contributed by atoms with Crippen LogP contribution in [0.15, 0.2) is 64.1 Å². The number of benzene rings is 2. The van der Waals surface area contributed by atoms with Crippen LogP contribution in [0.1, 0.15) is 44.2 Å². The Hall–Kier alpha value is -2.11. The predicted molar refractivity (Wildman–Crippen MR) is 116 cm³/mol. The molecule has 2 aromatic carbocycles. The van der Waals surface area contributed by atoms with Gasteiger partial charge in [-0.05, 0) is 72.6 Å². The molecule has 0 radical (unpaired) electrons. The van der Waals surface area contributed by atoms with E-state index in [1.807, 2.05) is 31.2 Å². The zero-order chi connectivity index (χ0) is 20.4. The van der Waals surface area contributed by atoms with Crippen molar-refractivity contribution in [2.75, 3.05) is 0 Å². The fraction of sp³-hybridized carbons (Fsp3) is 0.318. The molecule has 0 amide bonds. The van der Waals surface area contributed by atoms with Crippen LogP contribution in [0.25, 0.3) is 5.57 Å². The minimum absolute atomic E-state index is 0.188. The van der Waals surface area contributed by atoms with Crippen molar-refractivity contribution in [3.8, 4) is 0 Å². The number of hydrazone groups is 1. The van der Waals surface area contributed by atoms with E-state index in [1.54, 1.807) is 30.5 Å². The summed E-state index contributed by atoms with van der Waals surface area (Å²) in [6.07, 6.45) is 4.42. The van der Waals surface area contributed by atoms with Crippen LogP contribution >= 0.6 is 11.6 Å². The Morgan fingerprint density at radius 2 is 1.71 bits per heavy atom. The minimum atomic E-state index is -3.68. The van der Waals surface area contributed by atoms with Gasteiger partial charge >= 0.3 is 0 Å². The van der Waals surface area contributed by atoms with E-state index >= 15 is 0 Å². The van der Waals surface area contributed by atoms with Crippen LogP contribution in [0.3, 0.4) is 0 Å². The van der Waals surface area contributed by atoms with Gasteiger partial charge in [-0.1, -0.05) is 55.3 Å². The van der Waals surface area contributed by atoms with Gasteiger partial charge in [0.15, 0.2) is 0 Å². The van der Waals surface area contributed by atoms with Crippen LogP contribution in [-0.2, 0) is 10.0 Å². The highest BCUT2D eigenvalue weighted by Crippen LogP contribution is 2.42. The number of aryl methyl sites for hydroxylation is 1. The third-order valence-corrected chi connectivity index (χ3v) is 6.52. The number of nitrogens with one attached hydrogen (secondary N) is 1. The highest BCUT2D eigenvalue weighted by Gasteiger charge is 2.27. The van der Waals surface area contributed by atoms with E-state index < -0.39 is 10.0 Å². The molecule has 2 aromatic rings. The molecule has 0 saturated carbocycles. The first kappa shape index (κ1) is 20.6. The average molecular weight is 417 g/mol. The van der Waals surface area contributed by atoms with Gasteiger partial charge in [-0.15, -0.1) is 0 Å². The van der Waals surface area contributed by atoms with Crippen LogP contribution in [0.4, 0.5) is 0 Å². The summed E-state index contributed by atoms with van der Waals surface area (Å²) < 4.78 is 24.8. The van der Waals surface area contributed by atoms with Gasteiger partial charge in [0.25, 0.3) is 10.0 Å². The Bertz CT molecular complexity index is 1010. The molecule has 0 aromatic heterocycles. The van der Waals surface area contributed by atoms with Crippen LogP contribution in [0.5, 0.6) is 0 Å². The smallest absolute Gasteiger partial charge is 0.200 e. The van der Waals surface area contributed by atoms with Gasteiger partial charge in [-0.3, -0.25) is 0 Å². The van der Waals surface area contributed by atoms with Crippen molar-refractivity contribution in [3.05, 3.63) is 70.3 Å². The second-order valence-electron chi connectivity index (χ2n) is 8.02. The van der Waals surface area contributed by atoms with Crippen molar-refractivity contribution in [2.24, 2.45) is 10.5 Å².